The second kappa shape index (κ2) is 9.21. The van der Waals surface area contributed by atoms with Gasteiger partial charge in [-0.25, -0.2) is 0 Å². The zero-order chi connectivity index (χ0) is 24.0. The Morgan fingerprint density at radius 2 is 1.71 bits per heavy atom. The predicted octanol–water partition coefficient (Wildman–Crippen LogP) is 6.52. The van der Waals surface area contributed by atoms with Crippen LogP contribution in [0.5, 0.6) is 5.75 Å². The number of pyridine rings is 2. The van der Waals surface area contributed by atoms with E-state index in [1.165, 1.54) is 0 Å². The van der Waals surface area contributed by atoms with Gasteiger partial charge >= 0.3 is 0 Å². The van der Waals surface area contributed by atoms with E-state index in [9.17, 15) is 9.90 Å². The van der Waals surface area contributed by atoms with Crippen molar-refractivity contribution in [2.75, 3.05) is 20.6 Å². The highest BCUT2D eigenvalue weighted by Crippen LogP contribution is 2.39. The molecule has 176 valence electrons. The largest absolute Gasteiger partial charge is 0.505 e. The van der Waals surface area contributed by atoms with Crippen LogP contribution in [-0.2, 0) is 0 Å². The van der Waals surface area contributed by atoms with Crippen molar-refractivity contribution in [2.45, 2.75) is 31.7 Å². The average molecular weight is 496 g/mol. The number of rotatable bonds is 4. The molecule has 1 aliphatic carbocycles. The SMILES string of the molecule is CN(C)CC1CCC(n2c(=O)ccc3cnc4ccc(-c5cc(Cl)c(O)c(Cl)c5)cc4c32)CC1. The number of hydrogen-bond donors (Lipinski definition) is 1. The van der Waals surface area contributed by atoms with Crippen molar-refractivity contribution in [3.63, 3.8) is 0 Å². The molecule has 1 fully saturated rings. The Hall–Kier alpha value is -2.60. The standard InChI is InChI=1S/C27H27Cl2N3O2/c1-31(2)15-16-3-7-20(8-4-16)32-25(33)10-6-18-14-30-24-9-5-17(11-21(24)26(18)32)19-12-22(28)27(34)23(29)13-19/h5-6,9-14,16,20,34H,3-4,7-8,15H2,1-2H3. The van der Waals surface area contributed by atoms with Gasteiger partial charge in [-0.3, -0.25) is 9.78 Å². The van der Waals surface area contributed by atoms with Crippen LogP contribution in [0.3, 0.4) is 0 Å². The number of fused-ring (bicyclic) bond motifs is 3. The highest BCUT2D eigenvalue weighted by atomic mass is 35.5. The minimum Gasteiger partial charge on any atom is -0.505 e. The third kappa shape index (κ3) is 4.28. The third-order valence-corrected chi connectivity index (χ3v) is 7.48. The van der Waals surface area contributed by atoms with Gasteiger partial charge in [0.15, 0.2) is 5.75 Å². The Balaban J connectivity index is 1.65. The molecule has 1 N–H and O–H groups in total. The highest BCUT2D eigenvalue weighted by molar-refractivity contribution is 6.37. The summed E-state index contributed by atoms with van der Waals surface area (Å²) in [5, 5.41) is 12.2. The van der Waals surface area contributed by atoms with Crippen LogP contribution >= 0.6 is 23.2 Å². The molecular weight excluding hydrogens is 469 g/mol. The van der Waals surface area contributed by atoms with Gasteiger partial charge in [-0.05, 0) is 87.2 Å². The monoisotopic (exact) mass is 495 g/mol. The van der Waals surface area contributed by atoms with Crippen molar-refractivity contribution in [2.24, 2.45) is 5.92 Å². The van der Waals surface area contributed by atoms with Crippen LogP contribution in [0.4, 0.5) is 0 Å². The summed E-state index contributed by atoms with van der Waals surface area (Å²) < 4.78 is 1.99. The Bertz CT molecular complexity index is 1420. The number of hydrogen-bond acceptors (Lipinski definition) is 4. The summed E-state index contributed by atoms with van der Waals surface area (Å²) in [6.07, 6.45) is 6.06. The van der Waals surface area contributed by atoms with Gasteiger partial charge in [0, 0.05) is 35.6 Å². The van der Waals surface area contributed by atoms with Crippen LogP contribution in [0.15, 0.2) is 53.5 Å². The maximum absolute atomic E-state index is 13.2. The Morgan fingerprint density at radius 1 is 1.00 bits per heavy atom. The summed E-state index contributed by atoms with van der Waals surface area (Å²) in [6.45, 7) is 1.09. The first-order chi connectivity index (χ1) is 16.3. The summed E-state index contributed by atoms with van der Waals surface area (Å²) in [5.74, 6) is 0.546. The van der Waals surface area contributed by atoms with Gasteiger partial charge in [0.25, 0.3) is 5.56 Å². The Morgan fingerprint density at radius 3 is 2.38 bits per heavy atom. The van der Waals surface area contributed by atoms with Gasteiger partial charge in [-0.2, -0.15) is 0 Å². The lowest BCUT2D eigenvalue weighted by atomic mass is 9.85. The molecule has 5 nitrogen and oxygen atoms in total. The van der Waals surface area contributed by atoms with Crippen molar-refractivity contribution < 1.29 is 5.11 Å². The molecule has 0 amide bonds. The van der Waals surface area contributed by atoms with Crippen molar-refractivity contribution >= 4 is 45.0 Å². The van der Waals surface area contributed by atoms with E-state index in [-0.39, 0.29) is 27.4 Å². The van der Waals surface area contributed by atoms with Crippen LogP contribution in [0.1, 0.15) is 31.7 Å². The van der Waals surface area contributed by atoms with E-state index in [0.29, 0.717) is 5.92 Å². The quantitative estimate of drug-likeness (QED) is 0.327. The first-order valence-corrected chi connectivity index (χ1v) is 12.3. The first kappa shape index (κ1) is 23.2. The molecule has 1 saturated carbocycles. The predicted molar refractivity (Wildman–Crippen MR) is 140 cm³/mol. The minimum atomic E-state index is -0.126. The van der Waals surface area contributed by atoms with E-state index >= 15 is 0 Å². The number of phenols is 1. The summed E-state index contributed by atoms with van der Waals surface area (Å²) in [6, 6.07) is 13.0. The molecule has 0 radical (unpaired) electrons. The van der Waals surface area contributed by atoms with E-state index in [1.807, 2.05) is 35.0 Å². The first-order valence-electron chi connectivity index (χ1n) is 11.6. The fourth-order valence-corrected chi connectivity index (χ4v) is 5.80. The maximum Gasteiger partial charge on any atom is 0.251 e. The van der Waals surface area contributed by atoms with E-state index in [2.05, 4.69) is 24.0 Å². The number of aromatic hydroxyl groups is 1. The number of benzene rings is 2. The van der Waals surface area contributed by atoms with Gasteiger partial charge < -0.3 is 14.6 Å². The average Bonchev–Trinajstić information content (AvgIpc) is 2.82. The van der Waals surface area contributed by atoms with Gasteiger partial charge in [-0.15, -0.1) is 0 Å². The molecule has 5 rings (SSSR count). The lowest BCUT2D eigenvalue weighted by Gasteiger charge is -2.32. The number of phenolic OH excluding ortho intramolecular Hbond substituents is 1. The van der Waals surface area contributed by atoms with E-state index in [0.717, 1.165) is 65.2 Å². The minimum absolute atomic E-state index is 0.0252. The molecular formula is C27H27Cl2N3O2. The molecule has 0 spiro atoms. The second-order valence-corrected chi connectivity index (χ2v) is 10.4. The molecule has 34 heavy (non-hydrogen) atoms. The fraction of sp³-hybridized carbons (Fsp3) is 0.333. The number of halogens is 2. The molecule has 2 heterocycles. The van der Waals surface area contributed by atoms with Crippen molar-refractivity contribution in [3.8, 4) is 16.9 Å². The molecule has 2 aromatic carbocycles. The Kier molecular flexibility index (Phi) is 6.28. The normalized spacial score (nSPS) is 18.7. The van der Waals surface area contributed by atoms with Crippen LogP contribution < -0.4 is 5.56 Å². The molecule has 1 aliphatic rings. The van der Waals surface area contributed by atoms with Crippen LogP contribution in [0.2, 0.25) is 10.0 Å². The zero-order valence-electron chi connectivity index (χ0n) is 19.3. The van der Waals surface area contributed by atoms with Crippen LogP contribution in [0, 0.1) is 5.92 Å². The van der Waals surface area contributed by atoms with Gasteiger partial charge in [-0.1, -0.05) is 29.3 Å². The third-order valence-electron chi connectivity index (χ3n) is 6.91. The van der Waals surface area contributed by atoms with Crippen molar-refractivity contribution in [1.29, 1.82) is 0 Å². The molecule has 0 atom stereocenters. The smallest absolute Gasteiger partial charge is 0.251 e. The van der Waals surface area contributed by atoms with E-state index in [4.69, 9.17) is 23.2 Å². The summed E-state index contributed by atoms with van der Waals surface area (Å²) >= 11 is 12.4. The maximum atomic E-state index is 13.2. The summed E-state index contributed by atoms with van der Waals surface area (Å²) in [5.41, 5.74) is 3.46. The molecule has 0 unspecified atom stereocenters. The van der Waals surface area contributed by atoms with Crippen molar-refractivity contribution in [1.82, 2.24) is 14.5 Å². The Labute approximate surface area is 208 Å². The second-order valence-electron chi connectivity index (χ2n) is 9.56. The molecule has 7 heteroatoms. The summed E-state index contributed by atoms with van der Waals surface area (Å²) in [7, 11) is 4.24. The zero-order valence-corrected chi connectivity index (χ0v) is 20.8. The topological polar surface area (TPSA) is 58.4 Å². The molecule has 0 bridgehead atoms. The highest BCUT2D eigenvalue weighted by Gasteiger charge is 2.25. The van der Waals surface area contributed by atoms with E-state index in [1.54, 1.807) is 18.2 Å². The van der Waals surface area contributed by atoms with Gasteiger partial charge in [0.1, 0.15) is 0 Å². The molecule has 4 aromatic rings. The summed E-state index contributed by atoms with van der Waals surface area (Å²) in [4.78, 5) is 20.1. The van der Waals surface area contributed by atoms with Crippen LogP contribution in [0.25, 0.3) is 32.9 Å². The lowest BCUT2D eigenvalue weighted by Crippen LogP contribution is -2.31. The van der Waals surface area contributed by atoms with Gasteiger partial charge in [0.05, 0.1) is 21.1 Å². The molecule has 0 saturated heterocycles. The fourth-order valence-electron chi connectivity index (χ4n) is 5.31. The lowest BCUT2D eigenvalue weighted by molar-refractivity contribution is 0.224. The van der Waals surface area contributed by atoms with Gasteiger partial charge in [0.2, 0.25) is 0 Å². The van der Waals surface area contributed by atoms with E-state index < -0.39 is 0 Å². The van der Waals surface area contributed by atoms with Crippen molar-refractivity contribution in [3.05, 3.63) is 69.1 Å². The molecule has 0 aliphatic heterocycles. The molecule has 2 aromatic heterocycles. The number of aromatic nitrogens is 2. The number of nitrogens with zero attached hydrogens (tertiary/aromatic N) is 3. The van der Waals surface area contributed by atoms with Crippen LogP contribution in [-0.4, -0.2) is 40.2 Å².